The van der Waals surface area contributed by atoms with E-state index < -0.39 is 0 Å². The van der Waals surface area contributed by atoms with Gasteiger partial charge in [-0.1, -0.05) is 35.3 Å². The molecule has 1 N–H and O–H groups in total. The zero-order valence-electron chi connectivity index (χ0n) is 14.7. The first-order chi connectivity index (χ1) is 12.5. The molecule has 1 atom stereocenters. The summed E-state index contributed by atoms with van der Waals surface area (Å²) in [5, 5.41) is 4.38. The summed E-state index contributed by atoms with van der Waals surface area (Å²) in [4.78, 5) is 21.1. The molecule has 2 heterocycles. The number of anilines is 1. The Kier molecular flexibility index (Phi) is 6.35. The van der Waals surface area contributed by atoms with Crippen LogP contribution in [-0.2, 0) is 4.79 Å². The molecule has 1 aliphatic heterocycles. The van der Waals surface area contributed by atoms with Crippen molar-refractivity contribution in [2.24, 2.45) is 0 Å². The standard InChI is InChI=1S/C19H22Cl2N4O/c1-14(15-2-4-16(20)5-3-15)23-19(26)13-24-8-10-25(11-9-24)18-7-6-17(21)12-22-18/h2-7,12,14H,8-11,13H2,1H3,(H,23,26). The molecule has 0 radical (unpaired) electrons. The maximum Gasteiger partial charge on any atom is 0.234 e. The first kappa shape index (κ1) is 19.0. The monoisotopic (exact) mass is 392 g/mol. The van der Waals surface area contributed by atoms with E-state index in [2.05, 4.69) is 20.1 Å². The predicted octanol–water partition coefficient (Wildman–Crippen LogP) is 3.39. The molecular formula is C19H22Cl2N4O. The second kappa shape index (κ2) is 8.71. The number of pyridine rings is 1. The number of halogens is 2. The smallest absolute Gasteiger partial charge is 0.234 e. The third kappa shape index (κ3) is 5.10. The van der Waals surface area contributed by atoms with Crippen LogP contribution in [0, 0.1) is 0 Å². The first-order valence-corrected chi connectivity index (χ1v) is 9.40. The minimum Gasteiger partial charge on any atom is -0.354 e. The molecule has 138 valence electrons. The van der Waals surface area contributed by atoms with Crippen molar-refractivity contribution in [2.75, 3.05) is 37.6 Å². The van der Waals surface area contributed by atoms with Crippen molar-refractivity contribution < 1.29 is 4.79 Å². The number of carbonyl (C=O) groups is 1. The highest BCUT2D eigenvalue weighted by Crippen LogP contribution is 2.17. The lowest BCUT2D eigenvalue weighted by Gasteiger charge is -2.35. The van der Waals surface area contributed by atoms with Crippen LogP contribution in [0.3, 0.4) is 0 Å². The number of hydrogen-bond acceptors (Lipinski definition) is 4. The molecule has 0 aliphatic carbocycles. The number of amides is 1. The maximum atomic E-state index is 12.3. The molecule has 1 fully saturated rings. The summed E-state index contributed by atoms with van der Waals surface area (Å²) in [6.07, 6.45) is 1.66. The predicted molar refractivity (Wildman–Crippen MR) is 106 cm³/mol. The van der Waals surface area contributed by atoms with Gasteiger partial charge in [0.15, 0.2) is 0 Å². The number of nitrogens with zero attached hydrogens (tertiary/aromatic N) is 3. The number of piperazine rings is 1. The summed E-state index contributed by atoms with van der Waals surface area (Å²) in [6.45, 7) is 5.72. The van der Waals surface area contributed by atoms with Crippen molar-refractivity contribution in [3.8, 4) is 0 Å². The molecule has 26 heavy (non-hydrogen) atoms. The third-order valence-corrected chi connectivity index (χ3v) is 5.00. The fourth-order valence-corrected chi connectivity index (χ4v) is 3.25. The van der Waals surface area contributed by atoms with Gasteiger partial charge < -0.3 is 10.2 Å². The van der Waals surface area contributed by atoms with E-state index >= 15 is 0 Å². The average molecular weight is 393 g/mol. The average Bonchev–Trinajstić information content (AvgIpc) is 2.63. The van der Waals surface area contributed by atoms with Gasteiger partial charge >= 0.3 is 0 Å². The molecule has 1 saturated heterocycles. The number of hydrogen-bond donors (Lipinski definition) is 1. The molecule has 1 amide bonds. The molecule has 3 rings (SSSR count). The van der Waals surface area contributed by atoms with Crippen LogP contribution in [0.25, 0.3) is 0 Å². The highest BCUT2D eigenvalue weighted by Gasteiger charge is 2.20. The van der Waals surface area contributed by atoms with Crippen molar-refractivity contribution in [1.29, 1.82) is 0 Å². The van der Waals surface area contributed by atoms with E-state index in [4.69, 9.17) is 23.2 Å². The molecule has 7 heteroatoms. The summed E-state index contributed by atoms with van der Waals surface area (Å²) >= 11 is 11.8. The SMILES string of the molecule is CC(NC(=O)CN1CCN(c2ccc(Cl)cn2)CC1)c1ccc(Cl)cc1. The van der Waals surface area contributed by atoms with Gasteiger partial charge in [0, 0.05) is 37.4 Å². The second-order valence-corrected chi connectivity index (χ2v) is 7.31. The van der Waals surface area contributed by atoms with E-state index in [1.54, 1.807) is 6.20 Å². The Morgan fingerprint density at radius 2 is 1.73 bits per heavy atom. The van der Waals surface area contributed by atoms with Crippen molar-refractivity contribution >= 4 is 34.9 Å². The van der Waals surface area contributed by atoms with E-state index in [-0.39, 0.29) is 11.9 Å². The Hall–Kier alpha value is -1.82. The quantitative estimate of drug-likeness (QED) is 0.846. The van der Waals surface area contributed by atoms with Crippen LogP contribution in [0.1, 0.15) is 18.5 Å². The van der Waals surface area contributed by atoms with E-state index in [0.717, 1.165) is 37.6 Å². The fourth-order valence-electron chi connectivity index (χ4n) is 3.02. The van der Waals surface area contributed by atoms with Gasteiger partial charge in [0.25, 0.3) is 0 Å². The van der Waals surface area contributed by atoms with E-state index in [9.17, 15) is 4.79 Å². The van der Waals surface area contributed by atoms with Gasteiger partial charge in [-0.05, 0) is 36.8 Å². The highest BCUT2D eigenvalue weighted by atomic mass is 35.5. The van der Waals surface area contributed by atoms with Gasteiger partial charge in [-0.2, -0.15) is 0 Å². The topological polar surface area (TPSA) is 48.5 Å². The van der Waals surface area contributed by atoms with Crippen LogP contribution >= 0.6 is 23.2 Å². The maximum absolute atomic E-state index is 12.3. The molecule has 1 aromatic carbocycles. The molecule has 1 unspecified atom stereocenters. The number of nitrogens with one attached hydrogen (secondary N) is 1. The molecule has 1 aromatic heterocycles. The largest absolute Gasteiger partial charge is 0.354 e. The normalized spacial score (nSPS) is 16.3. The van der Waals surface area contributed by atoms with Crippen LogP contribution in [0.15, 0.2) is 42.6 Å². The summed E-state index contributed by atoms with van der Waals surface area (Å²) in [7, 11) is 0. The molecular weight excluding hydrogens is 371 g/mol. The highest BCUT2D eigenvalue weighted by molar-refractivity contribution is 6.30. The van der Waals surface area contributed by atoms with Crippen molar-refractivity contribution in [3.63, 3.8) is 0 Å². The van der Waals surface area contributed by atoms with Crippen molar-refractivity contribution in [2.45, 2.75) is 13.0 Å². The summed E-state index contributed by atoms with van der Waals surface area (Å²) in [6, 6.07) is 11.3. The van der Waals surface area contributed by atoms with Gasteiger partial charge in [0.1, 0.15) is 5.82 Å². The Balaban J connectivity index is 1.45. The summed E-state index contributed by atoms with van der Waals surface area (Å²) < 4.78 is 0. The van der Waals surface area contributed by atoms with Gasteiger partial charge in [-0.25, -0.2) is 4.98 Å². The van der Waals surface area contributed by atoms with Crippen LogP contribution in [0.2, 0.25) is 10.0 Å². The lowest BCUT2D eigenvalue weighted by Crippen LogP contribution is -2.49. The van der Waals surface area contributed by atoms with Gasteiger partial charge in [0.05, 0.1) is 17.6 Å². The number of rotatable bonds is 5. The summed E-state index contributed by atoms with van der Waals surface area (Å²) in [5.74, 6) is 0.959. The Bertz CT molecular complexity index is 728. The molecule has 0 saturated carbocycles. The number of carbonyl (C=O) groups excluding carboxylic acids is 1. The lowest BCUT2D eigenvalue weighted by atomic mass is 10.1. The van der Waals surface area contributed by atoms with Gasteiger partial charge in [0.2, 0.25) is 5.91 Å². The van der Waals surface area contributed by atoms with E-state index in [1.807, 2.05) is 43.3 Å². The zero-order valence-corrected chi connectivity index (χ0v) is 16.2. The van der Waals surface area contributed by atoms with E-state index in [0.29, 0.717) is 16.6 Å². The van der Waals surface area contributed by atoms with Gasteiger partial charge in [-0.15, -0.1) is 0 Å². The molecule has 0 bridgehead atoms. The Morgan fingerprint density at radius 1 is 1.08 bits per heavy atom. The van der Waals surface area contributed by atoms with Crippen molar-refractivity contribution in [3.05, 3.63) is 58.2 Å². The Morgan fingerprint density at radius 3 is 2.35 bits per heavy atom. The zero-order chi connectivity index (χ0) is 18.5. The van der Waals surface area contributed by atoms with Crippen LogP contribution in [0.4, 0.5) is 5.82 Å². The lowest BCUT2D eigenvalue weighted by molar-refractivity contribution is -0.123. The Labute approximate surface area is 163 Å². The molecule has 0 spiro atoms. The van der Waals surface area contributed by atoms with Gasteiger partial charge in [-0.3, -0.25) is 9.69 Å². The molecule has 1 aliphatic rings. The van der Waals surface area contributed by atoms with Crippen LogP contribution < -0.4 is 10.2 Å². The minimum absolute atomic E-state index is 0.0329. The molecule has 5 nitrogen and oxygen atoms in total. The summed E-state index contributed by atoms with van der Waals surface area (Å²) in [5.41, 5.74) is 1.04. The first-order valence-electron chi connectivity index (χ1n) is 8.65. The third-order valence-electron chi connectivity index (χ3n) is 4.52. The minimum atomic E-state index is -0.0423. The number of aromatic nitrogens is 1. The second-order valence-electron chi connectivity index (χ2n) is 6.44. The van der Waals surface area contributed by atoms with Crippen molar-refractivity contribution in [1.82, 2.24) is 15.2 Å². The number of benzene rings is 1. The van der Waals surface area contributed by atoms with Crippen LogP contribution in [0.5, 0.6) is 0 Å². The van der Waals surface area contributed by atoms with E-state index in [1.165, 1.54) is 0 Å². The molecule has 2 aromatic rings. The van der Waals surface area contributed by atoms with Crippen LogP contribution in [-0.4, -0.2) is 48.5 Å². The fraction of sp³-hybridized carbons (Fsp3) is 0.368.